The first-order valence-electron chi connectivity index (χ1n) is 5.43. The number of hydrogen-bond donors (Lipinski definition) is 0. The van der Waals surface area contributed by atoms with Gasteiger partial charge in [-0.25, -0.2) is 0 Å². The third-order valence-electron chi connectivity index (χ3n) is 2.42. The van der Waals surface area contributed by atoms with Gasteiger partial charge in [0, 0.05) is 14.0 Å². The van der Waals surface area contributed by atoms with Crippen molar-refractivity contribution >= 4 is 23.3 Å². The predicted octanol–water partition coefficient (Wildman–Crippen LogP) is 3.36. The number of carbonyl (C=O) groups is 1. The molecule has 0 bridgehead atoms. The van der Waals surface area contributed by atoms with Crippen molar-refractivity contribution in [3.8, 4) is 0 Å². The molecule has 7 heteroatoms. The third-order valence-corrected chi connectivity index (χ3v) is 2.72. The van der Waals surface area contributed by atoms with Gasteiger partial charge in [0.2, 0.25) is 0 Å². The zero-order valence-electron chi connectivity index (χ0n) is 10.4. The summed E-state index contributed by atoms with van der Waals surface area (Å²) in [7, 11) is 1.65. The fourth-order valence-corrected chi connectivity index (χ4v) is 1.76. The molecule has 0 saturated heterocycles. The molecule has 106 valence electrons. The van der Waals surface area contributed by atoms with Crippen LogP contribution in [0.2, 0.25) is 5.02 Å². The summed E-state index contributed by atoms with van der Waals surface area (Å²) in [5.74, 6) is -0.410. The lowest BCUT2D eigenvalue weighted by atomic mass is 10.2. The van der Waals surface area contributed by atoms with E-state index in [1.54, 1.807) is 11.9 Å². The smallest absolute Gasteiger partial charge is 0.416 e. The van der Waals surface area contributed by atoms with Crippen molar-refractivity contribution in [3.63, 3.8) is 0 Å². The summed E-state index contributed by atoms with van der Waals surface area (Å²) in [6.45, 7) is 1.76. The molecule has 0 unspecified atom stereocenters. The Morgan fingerprint density at radius 1 is 1.42 bits per heavy atom. The monoisotopic (exact) mass is 295 g/mol. The number of anilines is 1. The van der Waals surface area contributed by atoms with Gasteiger partial charge in [-0.3, -0.25) is 4.79 Å². The van der Waals surface area contributed by atoms with Crippen LogP contribution in [0.4, 0.5) is 18.9 Å². The van der Waals surface area contributed by atoms with Crippen LogP contribution < -0.4 is 4.90 Å². The molecule has 0 atom stereocenters. The lowest BCUT2D eigenvalue weighted by molar-refractivity contribution is -0.140. The first-order chi connectivity index (χ1) is 8.71. The average Bonchev–Trinajstić information content (AvgIpc) is 2.26. The van der Waals surface area contributed by atoms with Crippen molar-refractivity contribution in [2.45, 2.75) is 13.1 Å². The molecule has 0 fully saturated rings. The Hall–Kier alpha value is -1.43. The van der Waals surface area contributed by atoms with Gasteiger partial charge in [0.15, 0.2) is 0 Å². The highest BCUT2D eigenvalue weighted by molar-refractivity contribution is 6.33. The number of alkyl halides is 3. The van der Waals surface area contributed by atoms with Gasteiger partial charge in [-0.15, -0.1) is 0 Å². The van der Waals surface area contributed by atoms with Gasteiger partial charge in [-0.05, 0) is 18.2 Å². The van der Waals surface area contributed by atoms with Gasteiger partial charge in [-0.1, -0.05) is 11.6 Å². The second kappa shape index (κ2) is 6.14. The quantitative estimate of drug-likeness (QED) is 0.798. The summed E-state index contributed by atoms with van der Waals surface area (Å²) < 4.78 is 42.1. The van der Waals surface area contributed by atoms with Crippen LogP contribution in [0.25, 0.3) is 0 Å². The van der Waals surface area contributed by atoms with E-state index in [2.05, 4.69) is 0 Å². The molecule has 0 aliphatic carbocycles. The standard InChI is InChI=1S/C12H13ClF3NO2/c1-8(18)19-6-5-17(2)11-4-3-9(7-10(11)13)12(14,15)16/h3-4,7H,5-6H2,1-2H3. The van der Waals surface area contributed by atoms with Crippen LogP contribution in [0.3, 0.4) is 0 Å². The van der Waals surface area contributed by atoms with Crippen LogP contribution in [0.1, 0.15) is 12.5 Å². The number of halogens is 4. The molecule has 0 aliphatic rings. The van der Waals surface area contributed by atoms with Crippen molar-refractivity contribution in [1.29, 1.82) is 0 Å². The zero-order chi connectivity index (χ0) is 14.6. The van der Waals surface area contributed by atoms with Gasteiger partial charge in [0.25, 0.3) is 0 Å². The molecule has 0 spiro atoms. The lowest BCUT2D eigenvalue weighted by Crippen LogP contribution is -2.23. The van der Waals surface area contributed by atoms with E-state index in [0.717, 1.165) is 12.1 Å². The fourth-order valence-electron chi connectivity index (χ4n) is 1.44. The molecule has 0 heterocycles. The molecule has 1 aromatic rings. The van der Waals surface area contributed by atoms with Crippen LogP contribution in [-0.4, -0.2) is 26.2 Å². The molecule has 0 aromatic heterocycles. The molecular weight excluding hydrogens is 283 g/mol. The van der Waals surface area contributed by atoms with Crippen LogP contribution in [0.5, 0.6) is 0 Å². The fraction of sp³-hybridized carbons (Fsp3) is 0.417. The minimum absolute atomic E-state index is 0.000139. The summed E-state index contributed by atoms with van der Waals surface area (Å²) in [6, 6.07) is 3.13. The molecule has 0 N–H and O–H groups in total. The topological polar surface area (TPSA) is 29.5 Å². The Kier molecular flexibility index (Phi) is 5.05. The van der Waals surface area contributed by atoms with Crippen molar-refractivity contribution in [1.82, 2.24) is 0 Å². The molecule has 1 rings (SSSR count). The number of hydrogen-bond acceptors (Lipinski definition) is 3. The maximum atomic E-state index is 12.5. The Labute approximate surface area is 113 Å². The molecule has 3 nitrogen and oxygen atoms in total. The van der Waals surface area contributed by atoms with Crippen molar-refractivity contribution in [2.24, 2.45) is 0 Å². The maximum absolute atomic E-state index is 12.5. The number of carbonyl (C=O) groups excluding carboxylic acids is 1. The molecule has 0 saturated carbocycles. The SMILES string of the molecule is CC(=O)OCCN(C)c1ccc(C(F)(F)F)cc1Cl. The Balaban J connectivity index is 2.76. The Morgan fingerprint density at radius 3 is 2.53 bits per heavy atom. The molecule has 19 heavy (non-hydrogen) atoms. The van der Waals surface area contributed by atoms with Gasteiger partial charge in [0.1, 0.15) is 6.61 Å². The van der Waals surface area contributed by atoms with Gasteiger partial charge >= 0.3 is 12.1 Å². The van der Waals surface area contributed by atoms with Crippen LogP contribution in [0, 0.1) is 0 Å². The van der Waals surface area contributed by atoms with E-state index in [4.69, 9.17) is 16.3 Å². The summed E-state index contributed by atoms with van der Waals surface area (Å²) in [6.07, 6.45) is -4.42. The van der Waals surface area contributed by atoms with Gasteiger partial charge in [-0.2, -0.15) is 13.2 Å². The molecule has 0 aliphatic heterocycles. The maximum Gasteiger partial charge on any atom is 0.416 e. The van der Waals surface area contributed by atoms with Crippen LogP contribution in [0.15, 0.2) is 18.2 Å². The molecule has 0 radical (unpaired) electrons. The number of nitrogens with zero attached hydrogens (tertiary/aromatic N) is 1. The van der Waals surface area contributed by atoms with Crippen molar-refractivity contribution < 1.29 is 22.7 Å². The van der Waals surface area contributed by atoms with E-state index in [-0.39, 0.29) is 11.6 Å². The van der Waals surface area contributed by atoms with E-state index < -0.39 is 17.7 Å². The van der Waals surface area contributed by atoms with Crippen molar-refractivity contribution in [3.05, 3.63) is 28.8 Å². The van der Waals surface area contributed by atoms with Gasteiger partial charge < -0.3 is 9.64 Å². The summed E-state index contributed by atoms with van der Waals surface area (Å²) >= 11 is 5.82. The summed E-state index contributed by atoms with van der Waals surface area (Å²) in [5.41, 5.74) is -0.351. The molecule has 1 aromatic carbocycles. The second-order valence-corrected chi connectivity index (χ2v) is 4.33. The van der Waals surface area contributed by atoms with E-state index in [1.165, 1.54) is 13.0 Å². The second-order valence-electron chi connectivity index (χ2n) is 3.93. The lowest BCUT2D eigenvalue weighted by Gasteiger charge is -2.21. The van der Waals surface area contributed by atoms with E-state index in [0.29, 0.717) is 12.2 Å². The minimum Gasteiger partial charge on any atom is -0.464 e. The Morgan fingerprint density at radius 2 is 2.05 bits per heavy atom. The number of likely N-dealkylation sites (N-methyl/N-ethyl adjacent to an activating group) is 1. The van der Waals surface area contributed by atoms with Crippen LogP contribution >= 0.6 is 11.6 Å². The number of rotatable bonds is 4. The third kappa shape index (κ3) is 4.63. The number of esters is 1. The van der Waals surface area contributed by atoms with Gasteiger partial charge in [0.05, 0.1) is 22.8 Å². The van der Waals surface area contributed by atoms with E-state index in [1.807, 2.05) is 0 Å². The Bertz CT molecular complexity index is 463. The highest BCUT2D eigenvalue weighted by atomic mass is 35.5. The zero-order valence-corrected chi connectivity index (χ0v) is 11.2. The first-order valence-corrected chi connectivity index (χ1v) is 5.81. The van der Waals surface area contributed by atoms with E-state index >= 15 is 0 Å². The van der Waals surface area contributed by atoms with E-state index in [9.17, 15) is 18.0 Å². The molecular formula is C12H13ClF3NO2. The number of benzene rings is 1. The highest BCUT2D eigenvalue weighted by Crippen LogP contribution is 2.34. The predicted molar refractivity (Wildman–Crippen MR) is 66.4 cm³/mol. The normalized spacial score (nSPS) is 11.3. The van der Waals surface area contributed by atoms with Crippen LogP contribution in [-0.2, 0) is 15.7 Å². The summed E-state index contributed by atoms with van der Waals surface area (Å²) in [5, 5.41) is 0.000139. The first kappa shape index (κ1) is 15.6. The highest BCUT2D eigenvalue weighted by Gasteiger charge is 2.31. The average molecular weight is 296 g/mol. The minimum atomic E-state index is -4.42. The van der Waals surface area contributed by atoms with Crippen molar-refractivity contribution in [2.75, 3.05) is 25.1 Å². The molecule has 0 amide bonds. The summed E-state index contributed by atoms with van der Waals surface area (Å²) in [4.78, 5) is 12.2. The largest absolute Gasteiger partial charge is 0.464 e. The number of ether oxygens (including phenoxy) is 1.